The number of hydrogen-bond acceptors (Lipinski definition) is 2. The van der Waals surface area contributed by atoms with Crippen molar-refractivity contribution >= 4 is 29.8 Å². The normalized spacial score (nSPS) is 9.54. The van der Waals surface area contributed by atoms with Crippen LogP contribution in [0.5, 0.6) is 0 Å². The molecule has 74 valence electrons. The molecule has 0 amide bonds. The van der Waals surface area contributed by atoms with Crippen molar-refractivity contribution in [1.82, 2.24) is 4.98 Å². The van der Waals surface area contributed by atoms with Crippen LogP contribution >= 0.6 is 24.0 Å². The van der Waals surface area contributed by atoms with E-state index in [1.54, 1.807) is 6.20 Å². The van der Waals surface area contributed by atoms with Gasteiger partial charge in [0.15, 0.2) is 0 Å². The molecule has 0 aromatic carbocycles. The molecule has 1 N–H and O–H groups in total. The molecule has 0 aliphatic heterocycles. The molecule has 0 atom stereocenters. The Labute approximate surface area is 90.1 Å². The second-order valence-corrected chi connectivity index (χ2v) is 3.25. The molecular weight excluding hydrogens is 207 g/mol. The summed E-state index contributed by atoms with van der Waals surface area (Å²) in [6.07, 6.45) is 1.77. The Bertz CT molecular complexity index is 251. The van der Waals surface area contributed by atoms with E-state index < -0.39 is 0 Å². The van der Waals surface area contributed by atoms with Crippen molar-refractivity contribution in [3.63, 3.8) is 0 Å². The molecule has 0 aliphatic rings. The van der Waals surface area contributed by atoms with Crippen molar-refractivity contribution in [1.29, 1.82) is 0 Å². The third-order valence-corrected chi connectivity index (χ3v) is 1.72. The lowest BCUT2D eigenvalue weighted by Gasteiger charge is -2.08. The first kappa shape index (κ1) is 12.5. The van der Waals surface area contributed by atoms with E-state index in [9.17, 15) is 0 Å². The Kier molecular flexibility index (Phi) is 5.84. The van der Waals surface area contributed by atoms with E-state index >= 15 is 0 Å². The number of nitrogens with zero attached hydrogens (tertiary/aromatic N) is 1. The summed E-state index contributed by atoms with van der Waals surface area (Å²) in [6.45, 7) is 4.16. The van der Waals surface area contributed by atoms with Gasteiger partial charge in [-0.05, 0) is 31.5 Å². The summed E-state index contributed by atoms with van der Waals surface area (Å²) in [6, 6.07) is 4.29. The lowest BCUT2D eigenvalue weighted by molar-refractivity contribution is 0.888. The third-order valence-electron chi connectivity index (χ3n) is 1.42. The van der Waals surface area contributed by atoms with E-state index in [1.807, 2.05) is 12.1 Å². The maximum atomic E-state index is 5.68. The summed E-state index contributed by atoms with van der Waals surface area (Å²) in [5, 5.41) is 3.21. The molecule has 2 nitrogen and oxygen atoms in total. The van der Waals surface area contributed by atoms with Gasteiger partial charge in [-0.25, -0.2) is 4.98 Å². The van der Waals surface area contributed by atoms with Gasteiger partial charge < -0.3 is 5.32 Å². The fourth-order valence-electron chi connectivity index (χ4n) is 0.932. The number of hydrogen-bond donors (Lipinski definition) is 1. The number of anilines is 1. The van der Waals surface area contributed by atoms with Crippen molar-refractivity contribution in [2.45, 2.75) is 25.8 Å². The van der Waals surface area contributed by atoms with Gasteiger partial charge in [0.25, 0.3) is 0 Å². The van der Waals surface area contributed by atoms with E-state index in [0.29, 0.717) is 11.9 Å². The fraction of sp³-hybridized carbons (Fsp3) is 0.444. The highest BCUT2D eigenvalue weighted by Crippen LogP contribution is 2.09. The van der Waals surface area contributed by atoms with E-state index in [1.165, 1.54) is 0 Å². The Hall–Kier alpha value is -0.470. The van der Waals surface area contributed by atoms with Gasteiger partial charge >= 0.3 is 0 Å². The minimum atomic E-state index is 0. The van der Waals surface area contributed by atoms with Crippen LogP contribution in [0.4, 0.5) is 5.82 Å². The summed E-state index contributed by atoms with van der Waals surface area (Å²) >= 11 is 5.68. The Morgan fingerprint density at radius 3 is 2.77 bits per heavy atom. The first-order valence-corrected chi connectivity index (χ1v) is 4.53. The highest BCUT2D eigenvalue weighted by atomic mass is 35.5. The lowest BCUT2D eigenvalue weighted by atomic mass is 10.3. The zero-order valence-corrected chi connectivity index (χ0v) is 9.32. The molecule has 1 aromatic heterocycles. The van der Waals surface area contributed by atoms with Crippen LogP contribution in [-0.4, -0.2) is 11.0 Å². The Balaban J connectivity index is 0.00000144. The maximum absolute atomic E-state index is 5.68. The van der Waals surface area contributed by atoms with Gasteiger partial charge in [-0.1, -0.05) is 0 Å². The summed E-state index contributed by atoms with van der Waals surface area (Å²) < 4.78 is 0. The number of rotatable bonds is 3. The van der Waals surface area contributed by atoms with E-state index in [4.69, 9.17) is 11.6 Å². The molecule has 0 spiro atoms. The summed E-state index contributed by atoms with van der Waals surface area (Å²) in [5.74, 6) is 1.43. The highest BCUT2D eigenvalue weighted by Gasteiger charge is 1.97. The molecule has 13 heavy (non-hydrogen) atoms. The summed E-state index contributed by atoms with van der Waals surface area (Å²) in [5.41, 5.74) is 1.09. The van der Waals surface area contributed by atoms with Crippen molar-refractivity contribution in [2.75, 3.05) is 5.32 Å². The van der Waals surface area contributed by atoms with Crippen LogP contribution in [0.3, 0.4) is 0 Å². The van der Waals surface area contributed by atoms with Crippen molar-refractivity contribution in [3.8, 4) is 0 Å². The van der Waals surface area contributed by atoms with Crippen molar-refractivity contribution < 1.29 is 0 Å². The molecule has 0 radical (unpaired) electrons. The number of nitrogens with one attached hydrogen (secondary N) is 1. The minimum absolute atomic E-state index is 0. The van der Waals surface area contributed by atoms with E-state index in [0.717, 1.165) is 11.4 Å². The average Bonchev–Trinajstić information content (AvgIpc) is 2.03. The molecule has 1 heterocycles. The van der Waals surface area contributed by atoms with E-state index in [-0.39, 0.29) is 12.4 Å². The van der Waals surface area contributed by atoms with Crippen LogP contribution in [-0.2, 0) is 5.88 Å². The minimum Gasteiger partial charge on any atom is -0.368 e. The Morgan fingerprint density at radius 2 is 2.23 bits per heavy atom. The van der Waals surface area contributed by atoms with Crippen LogP contribution in [0.2, 0.25) is 0 Å². The second-order valence-electron chi connectivity index (χ2n) is 2.98. The highest BCUT2D eigenvalue weighted by molar-refractivity contribution is 6.17. The van der Waals surface area contributed by atoms with Gasteiger partial charge in [0.1, 0.15) is 5.82 Å². The predicted octanol–water partition coefficient (Wildman–Crippen LogP) is 3.06. The fourth-order valence-corrected chi connectivity index (χ4v) is 1.10. The number of aromatic nitrogens is 1. The van der Waals surface area contributed by atoms with Crippen LogP contribution in [0.15, 0.2) is 18.3 Å². The van der Waals surface area contributed by atoms with Crippen LogP contribution in [0.25, 0.3) is 0 Å². The summed E-state index contributed by atoms with van der Waals surface area (Å²) in [7, 11) is 0. The molecule has 4 heteroatoms. The van der Waals surface area contributed by atoms with Gasteiger partial charge in [0.05, 0.1) is 0 Å². The molecule has 1 aromatic rings. The van der Waals surface area contributed by atoms with Gasteiger partial charge in [0, 0.05) is 18.1 Å². The van der Waals surface area contributed by atoms with Crippen molar-refractivity contribution in [3.05, 3.63) is 23.9 Å². The van der Waals surface area contributed by atoms with Gasteiger partial charge in [-0.3, -0.25) is 0 Å². The first-order valence-electron chi connectivity index (χ1n) is 4.00. The molecular formula is C9H14Cl2N2. The zero-order valence-electron chi connectivity index (χ0n) is 7.75. The summed E-state index contributed by atoms with van der Waals surface area (Å²) in [4.78, 5) is 4.16. The lowest BCUT2D eigenvalue weighted by Crippen LogP contribution is -2.10. The zero-order chi connectivity index (χ0) is 8.97. The van der Waals surface area contributed by atoms with E-state index in [2.05, 4.69) is 24.1 Å². The average molecular weight is 221 g/mol. The number of alkyl halides is 1. The molecule has 1 rings (SSSR count). The SMILES string of the molecule is CC(C)Nc1cc(CCl)ccn1.Cl. The van der Waals surface area contributed by atoms with Gasteiger partial charge in [-0.15, -0.1) is 24.0 Å². The molecule has 0 fully saturated rings. The maximum Gasteiger partial charge on any atom is 0.126 e. The van der Waals surface area contributed by atoms with Crippen LogP contribution in [0.1, 0.15) is 19.4 Å². The van der Waals surface area contributed by atoms with Crippen molar-refractivity contribution in [2.24, 2.45) is 0 Å². The molecule has 0 aliphatic carbocycles. The largest absolute Gasteiger partial charge is 0.368 e. The van der Waals surface area contributed by atoms with Crippen LogP contribution < -0.4 is 5.32 Å². The smallest absolute Gasteiger partial charge is 0.126 e. The quantitative estimate of drug-likeness (QED) is 0.793. The molecule has 0 saturated heterocycles. The third kappa shape index (κ3) is 4.34. The predicted molar refractivity (Wildman–Crippen MR) is 59.8 cm³/mol. The van der Waals surface area contributed by atoms with Gasteiger partial charge in [0.2, 0.25) is 0 Å². The first-order chi connectivity index (χ1) is 5.72. The van der Waals surface area contributed by atoms with Crippen LogP contribution in [0, 0.1) is 0 Å². The topological polar surface area (TPSA) is 24.9 Å². The Morgan fingerprint density at radius 1 is 1.54 bits per heavy atom. The molecule has 0 saturated carbocycles. The standard InChI is InChI=1S/C9H13ClN2.ClH/c1-7(2)12-9-5-8(6-10)3-4-11-9;/h3-5,7H,6H2,1-2H3,(H,11,12);1H. The number of halogens is 2. The molecule has 0 unspecified atom stereocenters. The molecule has 0 bridgehead atoms. The van der Waals surface area contributed by atoms with Gasteiger partial charge in [-0.2, -0.15) is 0 Å². The number of pyridine rings is 1. The second kappa shape index (κ2) is 6.06. The monoisotopic (exact) mass is 220 g/mol.